The molecular weight excluding hydrogens is 306 g/mol. The molecule has 0 aromatic heterocycles. The molecule has 0 aliphatic heterocycles. The van der Waals surface area contributed by atoms with Crippen LogP contribution >= 0.6 is 0 Å². The largest absolute Gasteiger partial charge is 0.350 e. The maximum Gasteiger partial charge on any atom is 0.240 e. The molecule has 0 saturated heterocycles. The van der Waals surface area contributed by atoms with Gasteiger partial charge in [0.25, 0.3) is 0 Å². The lowest BCUT2D eigenvalue weighted by atomic mass is 10.1. The van der Waals surface area contributed by atoms with Crippen LogP contribution in [0.3, 0.4) is 0 Å². The standard InChI is InChI=1S/C18H27N3O3/c1-6-21(12-16(23)20-18(3,4)5)17(24)11-14-7-9-15(10-8-14)19-13(2)22/h7-10H,6,11-12H2,1-5H3,(H,19,22)(H,20,23). The third-order valence-corrected chi connectivity index (χ3v) is 3.21. The normalized spacial score (nSPS) is 10.9. The zero-order chi connectivity index (χ0) is 18.3. The molecule has 1 aromatic rings. The molecule has 0 aliphatic rings. The van der Waals surface area contributed by atoms with Crippen molar-refractivity contribution >= 4 is 23.4 Å². The van der Waals surface area contributed by atoms with Crippen LogP contribution in [-0.4, -0.2) is 41.2 Å². The lowest BCUT2D eigenvalue weighted by Gasteiger charge is -2.25. The van der Waals surface area contributed by atoms with Crippen molar-refractivity contribution in [2.24, 2.45) is 0 Å². The summed E-state index contributed by atoms with van der Waals surface area (Å²) >= 11 is 0. The monoisotopic (exact) mass is 333 g/mol. The van der Waals surface area contributed by atoms with Gasteiger partial charge < -0.3 is 15.5 Å². The fraction of sp³-hybridized carbons (Fsp3) is 0.500. The van der Waals surface area contributed by atoms with E-state index >= 15 is 0 Å². The van der Waals surface area contributed by atoms with E-state index in [1.54, 1.807) is 24.3 Å². The zero-order valence-corrected chi connectivity index (χ0v) is 15.1. The minimum Gasteiger partial charge on any atom is -0.350 e. The van der Waals surface area contributed by atoms with E-state index in [1.807, 2.05) is 27.7 Å². The van der Waals surface area contributed by atoms with Gasteiger partial charge in [-0.3, -0.25) is 14.4 Å². The Kier molecular flexibility index (Phi) is 6.95. The first-order chi connectivity index (χ1) is 11.1. The number of nitrogens with zero attached hydrogens (tertiary/aromatic N) is 1. The summed E-state index contributed by atoms with van der Waals surface area (Å²) in [6, 6.07) is 7.11. The van der Waals surface area contributed by atoms with Crippen molar-refractivity contribution in [3.05, 3.63) is 29.8 Å². The van der Waals surface area contributed by atoms with Gasteiger partial charge in [-0.2, -0.15) is 0 Å². The molecule has 3 amide bonds. The first-order valence-corrected chi connectivity index (χ1v) is 8.06. The lowest BCUT2D eigenvalue weighted by molar-refractivity contribution is -0.135. The van der Waals surface area contributed by atoms with E-state index in [-0.39, 0.29) is 36.2 Å². The maximum atomic E-state index is 12.4. The second-order valence-electron chi connectivity index (χ2n) is 6.76. The van der Waals surface area contributed by atoms with Gasteiger partial charge in [-0.25, -0.2) is 0 Å². The van der Waals surface area contributed by atoms with Crippen LogP contribution in [0.15, 0.2) is 24.3 Å². The molecule has 0 spiro atoms. The molecule has 0 saturated carbocycles. The molecule has 0 heterocycles. The number of nitrogens with one attached hydrogen (secondary N) is 2. The smallest absolute Gasteiger partial charge is 0.240 e. The van der Waals surface area contributed by atoms with E-state index < -0.39 is 0 Å². The van der Waals surface area contributed by atoms with Crippen LogP contribution in [0.4, 0.5) is 5.69 Å². The van der Waals surface area contributed by atoms with Crippen molar-refractivity contribution < 1.29 is 14.4 Å². The Labute approximate surface area is 143 Å². The number of carbonyl (C=O) groups is 3. The second kappa shape index (κ2) is 8.47. The summed E-state index contributed by atoms with van der Waals surface area (Å²) in [6.45, 7) is 9.53. The molecule has 6 heteroatoms. The van der Waals surface area contributed by atoms with Crippen LogP contribution in [0.25, 0.3) is 0 Å². The van der Waals surface area contributed by atoms with Gasteiger partial charge >= 0.3 is 0 Å². The summed E-state index contributed by atoms with van der Waals surface area (Å²) in [5, 5.41) is 5.54. The Morgan fingerprint density at radius 2 is 1.67 bits per heavy atom. The van der Waals surface area contributed by atoms with Crippen LogP contribution in [0, 0.1) is 0 Å². The number of likely N-dealkylation sites (N-methyl/N-ethyl adjacent to an activating group) is 1. The fourth-order valence-electron chi connectivity index (χ4n) is 2.20. The minimum atomic E-state index is -0.320. The number of anilines is 1. The highest BCUT2D eigenvalue weighted by Crippen LogP contribution is 2.11. The third kappa shape index (κ3) is 7.26. The van der Waals surface area contributed by atoms with E-state index in [2.05, 4.69) is 10.6 Å². The number of amides is 3. The van der Waals surface area contributed by atoms with Crippen molar-refractivity contribution in [3.63, 3.8) is 0 Å². The molecule has 0 radical (unpaired) electrons. The predicted octanol–water partition coefficient (Wildman–Crippen LogP) is 1.95. The van der Waals surface area contributed by atoms with Crippen LogP contribution < -0.4 is 10.6 Å². The highest BCUT2D eigenvalue weighted by Gasteiger charge is 2.19. The average molecular weight is 333 g/mol. The maximum absolute atomic E-state index is 12.4. The third-order valence-electron chi connectivity index (χ3n) is 3.21. The van der Waals surface area contributed by atoms with Gasteiger partial charge in [0.05, 0.1) is 13.0 Å². The van der Waals surface area contributed by atoms with Crippen molar-refractivity contribution in [2.75, 3.05) is 18.4 Å². The second-order valence-corrected chi connectivity index (χ2v) is 6.76. The van der Waals surface area contributed by atoms with Gasteiger partial charge in [-0.15, -0.1) is 0 Å². The molecule has 0 atom stereocenters. The number of rotatable bonds is 6. The van der Waals surface area contributed by atoms with Crippen molar-refractivity contribution in [1.82, 2.24) is 10.2 Å². The summed E-state index contributed by atoms with van der Waals surface area (Å²) in [4.78, 5) is 36.9. The minimum absolute atomic E-state index is 0.0522. The van der Waals surface area contributed by atoms with Crippen molar-refractivity contribution in [1.29, 1.82) is 0 Å². The van der Waals surface area contributed by atoms with Crippen LogP contribution in [0.2, 0.25) is 0 Å². The molecule has 132 valence electrons. The summed E-state index contributed by atoms with van der Waals surface area (Å²) in [6.07, 6.45) is 0.219. The Morgan fingerprint density at radius 3 is 2.12 bits per heavy atom. The first kappa shape index (κ1) is 19.7. The van der Waals surface area contributed by atoms with E-state index in [0.29, 0.717) is 12.2 Å². The van der Waals surface area contributed by atoms with Gasteiger partial charge in [-0.1, -0.05) is 12.1 Å². The Bertz CT molecular complexity index is 589. The SMILES string of the molecule is CCN(CC(=O)NC(C)(C)C)C(=O)Cc1ccc(NC(C)=O)cc1. The van der Waals surface area contributed by atoms with Crippen molar-refractivity contribution in [2.45, 2.75) is 46.6 Å². The number of benzene rings is 1. The average Bonchev–Trinajstić information content (AvgIpc) is 2.44. The van der Waals surface area contributed by atoms with Crippen LogP contribution in [0.1, 0.15) is 40.2 Å². The van der Waals surface area contributed by atoms with E-state index in [0.717, 1.165) is 5.56 Å². The van der Waals surface area contributed by atoms with E-state index in [1.165, 1.54) is 11.8 Å². The Hall–Kier alpha value is -2.37. The highest BCUT2D eigenvalue weighted by atomic mass is 16.2. The molecule has 24 heavy (non-hydrogen) atoms. The molecule has 2 N–H and O–H groups in total. The molecule has 1 rings (SSSR count). The number of hydrogen-bond donors (Lipinski definition) is 2. The molecular formula is C18H27N3O3. The molecule has 0 aliphatic carbocycles. The number of hydrogen-bond acceptors (Lipinski definition) is 3. The van der Waals surface area contributed by atoms with Gasteiger partial charge in [0.1, 0.15) is 0 Å². The van der Waals surface area contributed by atoms with Gasteiger partial charge in [0.2, 0.25) is 17.7 Å². The van der Waals surface area contributed by atoms with E-state index in [9.17, 15) is 14.4 Å². The Balaban J connectivity index is 2.63. The van der Waals surface area contributed by atoms with Crippen LogP contribution in [0.5, 0.6) is 0 Å². The predicted molar refractivity (Wildman–Crippen MR) is 94.6 cm³/mol. The lowest BCUT2D eigenvalue weighted by Crippen LogP contribution is -2.47. The fourth-order valence-corrected chi connectivity index (χ4v) is 2.20. The Morgan fingerprint density at radius 1 is 1.08 bits per heavy atom. The molecule has 1 aromatic carbocycles. The van der Waals surface area contributed by atoms with E-state index in [4.69, 9.17) is 0 Å². The number of carbonyl (C=O) groups excluding carboxylic acids is 3. The summed E-state index contributed by atoms with van der Waals surface area (Å²) < 4.78 is 0. The zero-order valence-electron chi connectivity index (χ0n) is 15.1. The highest BCUT2D eigenvalue weighted by molar-refractivity contribution is 5.89. The van der Waals surface area contributed by atoms with Crippen molar-refractivity contribution in [3.8, 4) is 0 Å². The van der Waals surface area contributed by atoms with Crippen LogP contribution in [-0.2, 0) is 20.8 Å². The molecule has 6 nitrogen and oxygen atoms in total. The van der Waals surface area contributed by atoms with Gasteiger partial charge in [0, 0.05) is 24.7 Å². The van der Waals surface area contributed by atoms with Gasteiger partial charge in [-0.05, 0) is 45.4 Å². The topological polar surface area (TPSA) is 78.5 Å². The summed E-state index contributed by atoms with van der Waals surface area (Å²) in [5.74, 6) is -0.409. The summed E-state index contributed by atoms with van der Waals surface area (Å²) in [5.41, 5.74) is 1.21. The molecule has 0 fully saturated rings. The molecule has 0 unspecified atom stereocenters. The summed E-state index contributed by atoms with van der Waals surface area (Å²) in [7, 11) is 0. The van der Waals surface area contributed by atoms with Gasteiger partial charge in [0.15, 0.2) is 0 Å². The first-order valence-electron chi connectivity index (χ1n) is 8.06. The quantitative estimate of drug-likeness (QED) is 0.835. The molecule has 0 bridgehead atoms.